The van der Waals surface area contributed by atoms with Crippen LogP contribution in [0.1, 0.15) is 12.5 Å². The zero-order chi connectivity index (χ0) is 18.2. The van der Waals surface area contributed by atoms with E-state index in [9.17, 15) is 4.39 Å². The van der Waals surface area contributed by atoms with Gasteiger partial charge < -0.3 is 20.1 Å². The van der Waals surface area contributed by atoms with Gasteiger partial charge >= 0.3 is 0 Å². The first-order chi connectivity index (χ1) is 12.0. The van der Waals surface area contributed by atoms with Crippen molar-refractivity contribution in [2.45, 2.75) is 13.3 Å². The average Bonchev–Trinajstić information content (AvgIpc) is 2.59. The van der Waals surface area contributed by atoms with Crippen LogP contribution in [0, 0.1) is 5.82 Å². The van der Waals surface area contributed by atoms with Crippen molar-refractivity contribution in [3.05, 3.63) is 52.3 Å². The lowest BCUT2D eigenvalue weighted by Gasteiger charge is -2.13. The predicted octanol–water partition coefficient (Wildman–Crippen LogP) is 4.52. The summed E-state index contributed by atoms with van der Waals surface area (Å²) in [6, 6.07) is 10.3. The number of ether oxygens (including phenoxy) is 2. The topological polar surface area (TPSA) is 42.5 Å². The van der Waals surface area contributed by atoms with Crippen LogP contribution in [0.5, 0.6) is 11.5 Å². The molecule has 0 radical (unpaired) electrons. The van der Waals surface area contributed by atoms with E-state index in [-0.39, 0.29) is 5.82 Å². The van der Waals surface area contributed by atoms with Crippen LogP contribution in [0.25, 0.3) is 0 Å². The number of rotatable bonds is 7. The lowest BCUT2D eigenvalue weighted by molar-refractivity contribution is 0.310. The molecule has 0 aliphatic rings. The Hall–Kier alpha value is -1.86. The molecule has 0 bridgehead atoms. The molecule has 0 atom stereocenters. The fourth-order valence-corrected chi connectivity index (χ4v) is 2.88. The number of hydrogen-bond donors (Lipinski definition) is 2. The summed E-state index contributed by atoms with van der Waals surface area (Å²) < 4.78 is 24.6. The van der Waals surface area contributed by atoms with Gasteiger partial charge in [-0.2, -0.15) is 0 Å². The molecule has 0 saturated heterocycles. The third kappa shape index (κ3) is 5.86. The van der Waals surface area contributed by atoms with E-state index in [1.54, 1.807) is 13.2 Å². The zero-order valence-corrected chi connectivity index (χ0v) is 16.5. The molecule has 0 heterocycles. The molecule has 0 fully saturated rings. The van der Waals surface area contributed by atoms with E-state index in [1.165, 1.54) is 12.1 Å². The summed E-state index contributed by atoms with van der Waals surface area (Å²) in [4.78, 5) is 0. The number of thiocarbonyl (C=S) groups is 1. The van der Waals surface area contributed by atoms with E-state index in [0.717, 1.165) is 23.5 Å². The maximum Gasteiger partial charge on any atom is 0.170 e. The van der Waals surface area contributed by atoms with Crippen molar-refractivity contribution in [2.24, 2.45) is 0 Å². The van der Waals surface area contributed by atoms with Crippen molar-refractivity contribution in [2.75, 3.05) is 25.6 Å². The number of methoxy groups -OCH3 is 1. The summed E-state index contributed by atoms with van der Waals surface area (Å²) in [5.41, 5.74) is 1.82. The maximum absolute atomic E-state index is 13.1. The lowest BCUT2D eigenvalue weighted by atomic mass is 10.1. The van der Waals surface area contributed by atoms with Crippen LogP contribution in [-0.2, 0) is 6.42 Å². The van der Waals surface area contributed by atoms with Crippen LogP contribution in [-0.4, -0.2) is 25.4 Å². The molecule has 2 aromatic rings. The highest BCUT2D eigenvalue weighted by Crippen LogP contribution is 2.28. The minimum Gasteiger partial charge on any atom is -0.493 e. The Morgan fingerprint density at radius 2 is 2.00 bits per heavy atom. The molecular formula is C18H20BrFN2O2S. The molecule has 2 rings (SSSR count). The molecular weight excluding hydrogens is 407 g/mol. The Labute approximate surface area is 160 Å². The zero-order valence-electron chi connectivity index (χ0n) is 14.1. The fourth-order valence-electron chi connectivity index (χ4n) is 2.22. The fraction of sp³-hybridized carbons (Fsp3) is 0.278. The molecule has 0 aliphatic heterocycles. The second-order valence-corrected chi connectivity index (χ2v) is 6.44. The highest BCUT2D eigenvalue weighted by Gasteiger charge is 2.06. The summed E-state index contributed by atoms with van der Waals surface area (Å²) in [6.07, 6.45) is 0.773. The smallest absolute Gasteiger partial charge is 0.170 e. The molecule has 0 amide bonds. The van der Waals surface area contributed by atoms with Crippen molar-refractivity contribution < 1.29 is 13.9 Å². The monoisotopic (exact) mass is 426 g/mol. The van der Waals surface area contributed by atoms with Gasteiger partial charge in [0.05, 0.1) is 19.4 Å². The van der Waals surface area contributed by atoms with Crippen molar-refractivity contribution in [3.8, 4) is 11.5 Å². The lowest BCUT2D eigenvalue weighted by Crippen LogP contribution is -2.30. The van der Waals surface area contributed by atoms with Gasteiger partial charge in [0.1, 0.15) is 5.82 Å². The first kappa shape index (κ1) is 19.5. The second kappa shape index (κ2) is 9.58. The largest absolute Gasteiger partial charge is 0.493 e. The van der Waals surface area contributed by atoms with Gasteiger partial charge in [0.25, 0.3) is 0 Å². The van der Waals surface area contributed by atoms with Crippen molar-refractivity contribution >= 4 is 38.9 Å². The third-order valence-corrected chi connectivity index (χ3v) is 4.31. The van der Waals surface area contributed by atoms with Gasteiger partial charge in [-0.25, -0.2) is 4.39 Å². The molecule has 25 heavy (non-hydrogen) atoms. The molecule has 7 heteroatoms. The van der Waals surface area contributed by atoms with E-state index in [2.05, 4.69) is 26.6 Å². The van der Waals surface area contributed by atoms with E-state index in [1.807, 2.05) is 25.1 Å². The SMILES string of the molecule is CCOc1ccc(CCNC(=S)Nc2ccc(F)cc2Br)cc1OC. The molecule has 4 nitrogen and oxygen atoms in total. The molecule has 2 N–H and O–H groups in total. The maximum atomic E-state index is 13.1. The Morgan fingerprint density at radius 3 is 2.68 bits per heavy atom. The van der Waals surface area contributed by atoms with Crippen LogP contribution in [0.15, 0.2) is 40.9 Å². The van der Waals surface area contributed by atoms with E-state index >= 15 is 0 Å². The van der Waals surface area contributed by atoms with Crippen molar-refractivity contribution in [3.63, 3.8) is 0 Å². The van der Waals surface area contributed by atoms with Crippen LogP contribution in [0.3, 0.4) is 0 Å². The summed E-state index contributed by atoms with van der Waals surface area (Å²) in [5, 5.41) is 6.64. The quantitative estimate of drug-likeness (QED) is 0.636. The van der Waals surface area contributed by atoms with Gasteiger partial charge in [-0.3, -0.25) is 0 Å². The third-order valence-electron chi connectivity index (χ3n) is 3.41. The Balaban J connectivity index is 1.86. The number of anilines is 1. The van der Waals surface area contributed by atoms with Crippen LogP contribution >= 0.6 is 28.1 Å². The minimum absolute atomic E-state index is 0.305. The standard InChI is InChI=1S/C18H20BrFN2O2S/c1-3-24-16-7-4-12(10-17(16)23-2)8-9-21-18(25)22-15-6-5-13(20)11-14(15)19/h4-7,10-11H,3,8-9H2,1-2H3,(H2,21,22,25). The van der Waals surface area contributed by atoms with E-state index in [0.29, 0.717) is 28.4 Å². The predicted molar refractivity (Wildman–Crippen MR) is 106 cm³/mol. The van der Waals surface area contributed by atoms with E-state index in [4.69, 9.17) is 21.7 Å². The highest BCUT2D eigenvalue weighted by atomic mass is 79.9. The normalized spacial score (nSPS) is 10.2. The molecule has 0 aliphatic carbocycles. The Morgan fingerprint density at radius 1 is 1.20 bits per heavy atom. The molecule has 134 valence electrons. The number of hydrogen-bond acceptors (Lipinski definition) is 3. The number of nitrogens with one attached hydrogen (secondary N) is 2. The van der Waals surface area contributed by atoms with E-state index < -0.39 is 0 Å². The second-order valence-electron chi connectivity index (χ2n) is 5.17. The summed E-state index contributed by atoms with van der Waals surface area (Å²) >= 11 is 8.57. The summed E-state index contributed by atoms with van der Waals surface area (Å²) in [5.74, 6) is 1.15. The molecule has 0 spiro atoms. The number of halogens is 2. The Bertz CT molecular complexity index is 743. The molecule has 0 saturated carbocycles. The summed E-state index contributed by atoms with van der Waals surface area (Å²) in [6.45, 7) is 3.18. The van der Waals surface area contributed by atoms with Crippen LogP contribution in [0.2, 0.25) is 0 Å². The summed E-state index contributed by atoms with van der Waals surface area (Å²) in [7, 11) is 1.62. The molecule has 0 unspecified atom stereocenters. The average molecular weight is 427 g/mol. The highest BCUT2D eigenvalue weighted by molar-refractivity contribution is 9.10. The Kier molecular flexibility index (Phi) is 7.46. The van der Waals surface area contributed by atoms with Gasteiger partial charge in [0.2, 0.25) is 0 Å². The van der Waals surface area contributed by atoms with Crippen molar-refractivity contribution in [1.29, 1.82) is 0 Å². The molecule has 0 aromatic heterocycles. The van der Waals surface area contributed by atoms with Gasteiger partial charge in [-0.1, -0.05) is 6.07 Å². The first-order valence-corrected chi connectivity index (χ1v) is 9.03. The minimum atomic E-state index is -0.305. The van der Waals surface area contributed by atoms with Gasteiger partial charge in [0.15, 0.2) is 16.6 Å². The number of benzene rings is 2. The van der Waals surface area contributed by atoms with Gasteiger partial charge in [-0.15, -0.1) is 0 Å². The van der Waals surface area contributed by atoms with Crippen molar-refractivity contribution in [1.82, 2.24) is 5.32 Å². The first-order valence-electron chi connectivity index (χ1n) is 7.83. The van der Waals surface area contributed by atoms with Gasteiger partial charge in [0, 0.05) is 11.0 Å². The molecule has 2 aromatic carbocycles. The van der Waals surface area contributed by atoms with Crippen LogP contribution < -0.4 is 20.1 Å². The van der Waals surface area contributed by atoms with Crippen LogP contribution in [0.4, 0.5) is 10.1 Å². The van der Waals surface area contributed by atoms with Gasteiger partial charge in [-0.05, 0) is 77.4 Å².